The van der Waals surface area contributed by atoms with Crippen LogP contribution in [0.3, 0.4) is 0 Å². The van der Waals surface area contributed by atoms with Crippen LogP contribution in [-0.4, -0.2) is 6.54 Å². The van der Waals surface area contributed by atoms with Gasteiger partial charge in [-0.15, -0.1) is 0 Å². The smallest absolute Gasteiger partial charge is 0.233 e. The van der Waals surface area contributed by atoms with Crippen molar-refractivity contribution in [1.82, 2.24) is 0 Å². The maximum Gasteiger partial charge on any atom is 0.233 e. The van der Waals surface area contributed by atoms with Gasteiger partial charge in [0.05, 0.1) is 11.1 Å². The summed E-state index contributed by atoms with van der Waals surface area (Å²) in [4.78, 5) is 0. The minimum absolute atomic E-state index is 0.142. The maximum absolute atomic E-state index is 6.51. The van der Waals surface area contributed by atoms with Gasteiger partial charge in [-0.25, -0.2) is 0 Å². The van der Waals surface area contributed by atoms with Gasteiger partial charge in [0.2, 0.25) is 12.6 Å². The molecule has 0 saturated carbocycles. The predicted octanol–water partition coefficient (Wildman–Crippen LogP) is 8.51. The molecule has 4 unspecified atom stereocenters. The molecule has 2 aromatic carbocycles. The molecule has 2 N–H and O–H groups in total. The van der Waals surface area contributed by atoms with Crippen LogP contribution in [0.2, 0.25) is 0 Å². The van der Waals surface area contributed by atoms with E-state index in [9.17, 15) is 0 Å². The van der Waals surface area contributed by atoms with Crippen molar-refractivity contribution in [2.75, 3.05) is 6.54 Å². The van der Waals surface area contributed by atoms with E-state index in [4.69, 9.17) is 19.9 Å². The number of fused-ring (bicyclic) bond motifs is 6. The molecular weight excluding hydrogens is 446 g/mol. The first-order valence-electron chi connectivity index (χ1n) is 13.7. The molecule has 0 radical (unpaired) electrons. The Morgan fingerprint density at radius 2 is 1.58 bits per heavy atom. The summed E-state index contributed by atoms with van der Waals surface area (Å²) >= 11 is 0. The first kappa shape index (κ1) is 26.8. The fraction of sp³-hybridized carbons (Fsp3) is 0.562. The average molecular weight is 492 g/mol. The zero-order chi connectivity index (χ0) is 26.2. The third-order valence-electron chi connectivity index (χ3n) is 8.49. The number of hydrogen-bond donors (Lipinski definition) is 1. The van der Waals surface area contributed by atoms with E-state index in [-0.39, 0.29) is 5.41 Å². The molecule has 196 valence electrons. The summed E-state index contributed by atoms with van der Waals surface area (Å²) in [5.41, 5.74) is 13.7. The van der Waals surface area contributed by atoms with Gasteiger partial charge in [-0.2, -0.15) is 0 Å². The Bertz CT molecular complexity index is 1120. The van der Waals surface area contributed by atoms with Gasteiger partial charge in [-0.3, -0.25) is 4.74 Å². The molecule has 2 aliphatic rings. The van der Waals surface area contributed by atoms with Crippen LogP contribution in [0.5, 0.6) is 11.5 Å². The highest BCUT2D eigenvalue weighted by Gasteiger charge is 2.40. The van der Waals surface area contributed by atoms with Gasteiger partial charge < -0.3 is 15.2 Å². The molecule has 4 heteroatoms. The normalized spacial score (nSPS) is 20.0. The minimum atomic E-state index is -0.480. The first-order chi connectivity index (χ1) is 17.1. The van der Waals surface area contributed by atoms with E-state index in [1.807, 2.05) is 0 Å². The van der Waals surface area contributed by atoms with Crippen molar-refractivity contribution in [1.29, 1.82) is 0 Å². The first-order valence-corrected chi connectivity index (χ1v) is 13.7. The lowest BCUT2D eigenvalue weighted by atomic mass is 9.72. The summed E-state index contributed by atoms with van der Waals surface area (Å²) in [6, 6.07) is 8.86. The molecule has 0 spiro atoms. The molecule has 4 nitrogen and oxygen atoms in total. The highest BCUT2D eigenvalue weighted by molar-refractivity contribution is 5.68. The van der Waals surface area contributed by atoms with Gasteiger partial charge in [-0.1, -0.05) is 60.1 Å². The zero-order valence-corrected chi connectivity index (χ0v) is 23.4. The molecule has 2 aliphatic heterocycles. The highest BCUT2D eigenvalue weighted by Crippen LogP contribution is 2.52. The molecule has 2 aromatic rings. The molecule has 0 saturated heterocycles. The number of unbranched alkanes of at least 4 members (excludes halogenated alkanes) is 1. The third-order valence-corrected chi connectivity index (χ3v) is 8.49. The van der Waals surface area contributed by atoms with Crippen LogP contribution in [0.25, 0.3) is 5.57 Å². The second kappa shape index (κ2) is 10.6. The average Bonchev–Trinajstić information content (AvgIpc) is 2.86. The van der Waals surface area contributed by atoms with Crippen LogP contribution >= 0.6 is 0 Å². The lowest BCUT2D eigenvalue weighted by Gasteiger charge is -2.40. The summed E-state index contributed by atoms with van der Waals surface area (Å²) in [7, 11) is 0. The molecule has 4 atom stereocenters. The van der Waals surface area contributed by atoms with Gasteiger partial charge in [0.25, 0.3) is 0 Å². The third kappa shape index (κ3) is 5.08. The number of hydrogen-bond acceptors (Lipinski definition) is 4. The number of allylic oxidation sites excluding steroid dienone is 1. The van der Waals surface area contributed by atoms with Crippen molar-refractivity contribution in [3.63, 3.8) is 0 Å². The summed E-state index contributed by atoms with van der Waals surface area (Å²) in [5.74, 6) is 2.56. The second-order valence-electron chi connectivity index (χ2n) is 11.7. The van der Waals surface area contributed by atoms with E-state index in [2.05, 4.69) is 79.3 Å². The van der Waals surface area contributed by atoms with Gasteiger partial charge in [-0.05, 0) is 103 Å². The molecule has 36 heavy (non-hydrogen) atoms. The Hall–Kier alpha value is -2.30. The topological polar surface area (TPSA) is 53.7 Å². The lowest BCUT2D eigenvalue weighted by molar-refractivity contribution is -0.228. The van der Waals surface area contributed by atoms with Gasteiger partial charge in [0.15, 0.2) is 0 Å². The molecule has 0 fully saturated rings. The second-order valence-corrected chi connectivity index (χ2v) is 11.7. The molecular formula is C32H45NO3. The van der Waals surface area contributed by atoms with E-state index < -0.39 is 12.6 Å². The quantitative estimate of drug-likeness (QED) is 0.362. The van der Waals surface area contributed by atoms with E-state index >= 15 is 0 Å². The van der Waals surface area contributed by atoms with Crippen molar-refractivity contribution in [2.24, 2.45) is 17.1 Å². The van der Waals surface area contributed by atoms with Crippen LogP contribution in [0.1, 0.15) is 119 Å². The van der Waals surface area contributed by atoms with Crippen molar-refractivity contribution >= 4 is 5.57 Å². The maximum atomic E-state index is 6.51. The van der Waals surface area contributed by atoms with Crippen LogP contribution in [0, 0.1) is 25.2 Å². The Kier molecular flexibility index (Phi) is 7.87. The van der Waals surface area contributed by atoms with Crippen molar-refractivity contribution < 1.29 is 14.2 Å². The van der Waals surface area contributed by atoms with E-state index in [0.717, 1.165) is 65.1 Å². The molecule has 0 aromatic heterocycles. The monoisotopic (exact) mass is 491 g/mol. The van der Waals surface area contributed by atoms with E-state index in [1.165, 1.54) is 24.0 Å². The Morgan fingerprint density at radius 1 is 0.972 bits per heavy atom. The summed E-state index contributed by atoms with van der Waals surface area (Å²) in [6.07, 6.45) is 4.73. The number of aryl methyl sites for hydroxylation is 2. The van der Waals surface area contributed by atoms with Crippen molar-refractivity contribution in [3.05, 3.63) is 64.2 Å². The van der Waals surface area contributed by atoms with Crippen molar-refractivity contribution in [2.45, 2.75) is 99.1 Å². The van der Waals surface area contributed by atoms with Gasteiger partial charge >= 0.3 is 0 Å². The molecule has 2 bridgehead atoms. The summed E-state index contributed by atoms with van der Waals surface area (Å²) in [5, 5.41) is 0. The van der Waals surface area contributed by atoms with Gasteiger partial charge in [0, 0.05) is 0 Å². The van der Waals surface area contributed by atoms with Crippen LogP contribution in [0.4, 0.5) is 0 Å². The van der Waals surface area contributed by atoms with Crippen LogP contribution in [-0.2, 0) is 4.74 Å². The number of ether oxygens (including phenoxy) is 3. The minimum Gasteiger partial charge on any atom is -0.459 e. The standard InChI is InChI=1S/C32H45NO3/c1-9-10-12-19(2)22(5)24-15-20(3)28-26(17-24)30-35-29-21(4)16-25(18-27(29)31(34-28)36-30)23(6)32(7,8)13-11-14-33/h15-19,23,30-31H,5,9-14,33H2,1-4,6-8H3. The predicted molar refractivity (Wildman–Crippen MR) is 148 cm³/mol. The fourth-order valence-electron chi connectivity index (χ4n) is 5.59. The highest BCUT2D eigenvalue weighted by atomic mass is 16.8. The number of rotatable bonds is 10. The molecule has 4 rings (SSSR count). The Balaban J connectivity index is 1.64. The molecule has 0 amide bonds. The van der Waals surface area contributed by atoms with E-state index in [1.54, 1.807) is 0 Å². The zero-order valence-electron chi connectivity index (χ0n) is 23.4. The van der Waals surface area contributed by atoms with Crippen LogP contribution < -0.4 is 15.2 Å². The summed E-state index contributed by atoms with van der Waals surface area (Å²) in [6.45, 7) is 20.9. The lowest BCUT2D eigenvalue weighted by Crippen LogP contribution is -2.31. The number of benzene rings is 2. The van der Waals surface area contributed by atoms with E-state index in [0.29, 0.717) is 11.8 Å². The van der Waals surface area contributed by atoms with Crippen LogP contribution in [0.15, 0.2) is 30.8 Å². The van der Waals surface area contributed by atoms with Crippen molar-refractivity contribution in [3.8, 4) is 11.5 Å². The molecule has 0 aliphatic carbocycles. The Labute approximate surface area is 218 Å². The van der Waals surface area contributed by atoms with Gasteiger partial charge in [0.1, 0.15) is 11.5 Å². The SMILES string of the molecule is C=C(c1cc(C)c2c(c1)C1Oc3c(C)cc(C(C)C(C)(C)CCCN)cc3C(O2)O1)C(C)CCCC. The summed E-state index contributed by atoms with van der Waals surface area (Å²) < 4.78 is 19.4. The number of nitrogens with two attached hydrogens (primary N) is 1. The largest absolute Gasteiger partial charge is 0.459 e. The Morgan fingerprint density at radius 3 is 2.19 bits per heavy atom. The molecule has 2 heterocycles. The fourth-order valence-corrected chi connectivity index (χ4v) is 5.59.